The normalized spacial score (nSPS) is 24.9. The minimum Gasteiger partial charge on any atom is -0.377 e. The van der Waals surface area contributed by atoms with Crippen molar-refractivity contribution in [2.45, 2.75) is 52.2 Å². The maximum atomic E-state index is 11.9. The topological polar surface area (TPSA) is 50.4 Å². The predicted octanol–water partition coefficient (Wildman–Crippen LogP) is 1.31. The zero-order chi connectivity index (χ0) is 12.7. The summed E-state index contributed by atoms with van der Waals surface area (Å²) in [6.45, 7) is 8.34. The summed E-state index contributed by atoms with van der Waals surface area (Å²) in [7, 11) is 0. The largest absolute Gasteiger partial charge is 0.377 e. The summed E-state index contributed by atoms with van der Waals surface area (Å²) in [5.41, 5.74) is 0. The highest BCUT2D eigenvalue weighted by molar-refractivity contribution is 5.81. The minimum absolute atomic E-state index is 0.00671. The van der Waals surface area contributed by atoms with Crippen molar-refractivity contribution in [2.24, 2.45) is 5.92 Å². The van der Waals surface area contributed by atoms with Crippen LogP contribution in [0.5, 0.6) is 0 Å². The number of rotatable bonds is 6. The molecule has 1 rings (SSSR count). The first-order chi connectivity index (χ1) is 8.13. The van der Waals surface area contributed by atoms with E-state index >= 15 is 0 Å². The lowest BCUT2D eigenvalue weighted by Crippen LogP contribution is -2.49. The number of piperidine rings is 1. The summed E-state index contributed by atoms with van der Waals surface area (Å²) >= 11 is 0. The van der Waals surface area contributed by atoms with Gasteiger partial charge in [0.15, 0.2) is 0 Å². The quantitative estimate of drug-likeness (QED) is 0.690. The van der Waals surface area contributed by atoms with E-state index in [4.69, 9.17) is 4.74 Å². The number of carbonyl (C=O) groups is 1. The van der Waals surface area contributed by atoms with Crippen LogP contribution < -0.4 is 10.6 Å². The molecule has 1 amide bonds. The molecule has 2 atom stereocenters. The van der Waals surface area contributed by atoms with Crippen LogP contribution in [0.4, 0.5) is 0 Å². The van der Waals surface area contributed by atoms with Crippen molar-refractivity contribution in [1.29, 1.82) is 0 Å². The zero-order valence-electron chi connectivity index (χ0n) is 11.3. The molecular formula is C13H26N2O2. The fourth-order valence-corrected chi connectivity index (χ4v) is 2.16. The van der Waals surface area contributed by atoms with Crippen molar-refractivity contribution in [2.75, 3.05) is 19.7 Å². The highest BCUT2D eigenvalue weighted by Gasteiger charge is 2.25. The van der Waals surface area contributed by atoms with Gasteiger partial charge in [0.05, 0.1) is 18.8 Å². The number of ether oxygens (including phenoxy) is 1. The Bertz CT molecular complexity index is 231. The number of hydrogen-bond acceptors (Lipinski definition) is 3. The van der Waals surface area contributed by atoms with Gasteiger partial charge in [-0.15, -0.1) is 0 Å². The summed E-state index contributed by atoms with van der Waals surface area (Å²) in [5, 5.41) is 6.21. The SMILES string of the molecule is CCC1CCNC(C(=O)NCCOC(C)C)C1. The smallest absolute Gasteiger partial charge is 0.237 e. The fourth-order valence-electron chi connectivity index (χ4n) is 2.16. The molecule has 0 saturated carbocycles. The van der Waals surface area contributed by atoms with Gasteiger partial charge >= 0.3 is 0 Å². The van der Waals surface area contributed by atoms with Crippen LogP contribution in [0, 0.1) is 5.92 Å². The van der Waals surface area contributed by atoms with Crippen molar-refractivity contribution in [3.63, 3.8) is 0 Å². The third-order valence-electron chi connectivity index (χ3n) is 3.26. The molecule has 1 saturated heterocycles. The molecule has 1 fully saturated rings. The van der Waals surface area contributed by atoms with E-state index < -0.39 is 0 Å². The van der Waals surface area contributed by atoms with E-state index in [9.17, 15) is 4.79 Å². The van der Waals surface area contributed by atoms with E-state index in [0.717, 1.165) is 13.0 Å². The molecule has 0 bridgehead atoms. The van der Waals surface area contributed by atoms with Gasteiger partial charge in [-0.25, -0.2) is 0 Å². The molecule has 0 aromatic carbocycles. The predicted molar refractivity (Wildman–Crippen MR) is 68.9 cm³/mol. The van der Waals surface area contributed by atoms with E-state index in [1.54, 1.807) is 0 Å². The molecule has 0 spiro atoms. The minimum atomic E-state index is -0.00671. The van der Waals surface area contributed by atoms with Crippen molar-refractivity contribution in [3.05, 3.63) is 0 Å². The average molecular weight is 242 g/mol. The van der Waals surface area contributed by atoms with E-state index in [1.807, 2.05) is 13.8 Å². The average Bonchev–Trinajstić information content (AvgIpc) is 2.34. The molecule has 17 heavy (non-hydrogen) atoms. The molecular weight excluding hydrogens is 216 g/mol. The monoisotopic (exact) mass is 242 g/mol. The standard InChI is InChI=1S/C13H26N2O2/c1-4-11-5-6-14-12(9-11)13(16)15-7-8-17-10(2)3/h10-12,14H,4-9H2,1-3H3,(H,15,16). The Balaban J connectivity index is 2.18. The van der Waals surface area contributed by atoms with Crippen molar-refractivity contribution in [1.82, 2.24) is 10.6 Å². The molecule has 0 radical (unpaired) electrons. The summed E-state index contributed by atoms with van der Waals surface area (Å²) in [6, 6.07) is -0.00671. The Hall–Kier alpha value is -0.610. The number of hydrogen-bond donors (Lipinski definition) is 2. The Morgan fingerprint density at radius 1 is 1.53 bits per heavy atom. The molecule has 1 aliphatic heterocycles. The molecule has 0 aromatic heterocycles. The van der Waals surface area contributed by atoms with Crippen LogP contribution in [0.1, 0.15) is 40.0 Å². The van der Waals surface area contributed by atoms with Crippen molar-refractivity contribution < 1.29 is 9.53 Å². The Kier molecular flexibility index (Phi) is 6.52. The fraction of sp³-hybridized carbons (Fsp3) is 0.923. The first-order valence-electron chi connectivity index (χ1n) is 6.76. The van der Waals surface area contributed by atoms with Crippen LogP contribution >= 0.6 is 0 Å². The second kappa shape index (κ2) is 7.67. The van der Waals surface area contributed by atoms with E-state index in [0.29, 0.717) is 19.1 Å². The second-order valence-electron chi connectivity index (χ2n) is 5.02. The molecule has 1 heterocycles. The number of amides is 1. The van der Waals surface area contributed by atoms with Crippen LogP contribution in [0.3, 0.4) is 0 Å². The first-order valence-corrected chi connectivity index (χ1v) is 6.76. The van der Waals surface area contributed by atoms with Gasteiger partial charge in [0.2, 0.25) is 5.91 Å². The van der Waals surface area contributed by atoms with E-state index in [-0.39, 0.29) is 18.1 Å². The molecule has 4 nitrogen and oxygen atoms in total. The molecule has 0 aliphatic carbocycles. The van der Waals surface area contributed by atoms with Crippen molar-refractivity contribution in [3.8, 4) is 0 Å². The van der Waals surface area contributed by atoms with E-state index in [1.165, 1.54) is 12.8 Å². The summed E-state index contributed by atoms with van der Waals surface area (Å²) in [6.07, 6.45) is 3.55. The Labute approximate surface area is 104 Å². The molecule has 4 heteroatoms. The highest BCUT2D eigenvalue weighted by Crippen LogP contribution is 2.19. The zero-order valence-corrected chi connectivity index (χ0v) is 11.3. The maximum absolute atomic E-state index is 11.9. The van der Waals surface area contributed by atoms with Crippen LogP contribution in [-0.2, 0) is 9.53 Å². The molecule has 0 aromatic rings. The summed E-state index contributed by atoms with van der Waals surface area (Å²) < 4.78 is 5.39. The van der Waals surface area contributed by atoms with Gasteiger partial charge in [-0.2, -0.15) is 0 Å². The lowest BCUT2D eigenvalue weighted by Gasteiger charge is -2.28. The molecule has 100 valence electrons. The van der Waals surface area contributed by atoms with Crippen LogP contribution in [0.15, 0.2) is 0 Å². The van der Waals surface area contributed by atoms with Crippen LogP contribution in [0.25, 0.3) is 0 Å². The molecule has 2 N–H and O–H groups in total. The second-order valence-corrected chi connectivity index (χ2v) is 5.02. The van der Waals surface area contributed by atoms with Gasteiger partial charge in [0, 0.05) is 6.54 Å². The maximum Gasteiger partial charge on any atom is 0.237 e. The van der Waals surface area contributed by atoms with Crippen molar-refractivity contribution >= 4 is 5.91 Å². The van der Waals surface area contributed by atoms with Gasteiger partial charge in [-0.1, -0.05) is 13.3 Å². The van der Waals surface area contributed by atoms with Gasteiger partial charge in [-0.3, -0.25) is 4.79 Å². The first kappa shape index (κ1) is 14.5. The third kappa shape index (κ3) is 5.50. The van der Waals surface area contributed by atoms with Gasteiger partial charge in [0.1, 0.15) is 0 Å². The van der Waals surface area contributed by atoms with E-state index in [2.05, 4.69) is 17.6 Å². The van der Waals surface area contributed by atoms with Gasteiger partial charge in [0.25, 0.3) is 0 Å². The lowest BCUT2D eigenvalue weighted by molar-refractivity contribution is -0.124. The van der Waals surface area contributed by atoms with Gasteiger partial charge < -0.3 is 15.4 Å². The lowest BCUT2D eigenvalue weighted by atomic mass is 9.90. The van der Waals surface area contributed by atoms with Crippen LogP contribution in [0.2, 0.25) is 0 Å². The number of nitrogens with one attached hydrogen (secondary N) is 2. The summed E-state index contributed by atoms with van der Waals surface area (Å²) in [4.78, 5) is 11.9. The number of carbonyl (C=O) groups excluding carboxylic acids is 1. The Morgan fingerprint density at radius 3 is 2.94 bits per heavy atom. The van der Waals surface area contributed by atoms with Crippen LogP contribution in [-0.4, -0.2) is 37.7 Å². The van der Waals surface area contributed by atoms with Gasteiger partial charge in [-0.05, 0) is 39.2 Å². The third-order valence-corrected chi connectivity index (χ3v) is 3.26. The molecule has 1 aliphatic rings. The Morgan fingerprint density at radius 2 is 2.29 bits per heavy atom. The highest BCUT2D eigenvalue weighted by atomic mass is 16.5. The summed E-state index contributed by atoms with van der Waals surface area (Å²) in [5.74, 6) is 0.814. The molecule has 2 unspecified atom stereocenters.